The first-order valence-corrected chi connectivity index (χ1v) is 7.86. The quantitative estimate of drug-likeness (QED) is 0.773. The summed E-state index contributed by atoms with van der Waals surface area (Å²) in [4.78, 5) is 1.41. The average molecular weight is 273 g/mol. The van der Waals surface area contributed by atoms with Crippen LogP contribution in [0.15, 0.2) is 41.8 Å². The molecule has 0 bridgehead atoms. The van der Waals surface area contributed by atoms with Crippen molar-refractivity contribution in [3.63, 3.8) is 0 Å². The molecule has 1 heterocycles. The monoisotopic (exact) mass is 273 g/mol. The Kier molecular flexibility index (Phi) is 4.78. The molecule has 0 aliphatic rings. The molecule has 102 valence electrons. The summed E-state index contributed by atoms with van der Waals surface area (Å²) >= 11 is 1.84. The van der Waals surface area contributed by atoms with Gasteiger partial charge in [-0.15, -0.1) is 11.3 Å². The van der Waals surface area contributed by atoms with E-state index >= 15 is 0 Å². The zero-order valence-corrected chi connectivity index (χ0v) is 12.9. The number of thiophene rings is 1. The second kappa shape index (κ2) is 6.36. The highest BCUT2D eigenvalue weighted by Gasteiger charge is 2.15. The third-order valence-corrected chi connectivity index (χ3v) is 4.31. The van der Waals surface area contributed by atoms with Crippen molar-refractivity contribution >= 4 is 11.3 Å². The normalized spacial score (nSPS) is 11.7. The predicted molar refractivity (Wildman–Crippen MR) is 85.6 cm³/mol. The van der Waals surface area contributed by atoms with E-state index in [2.05, 4.69) is 67.9 Å². The molecule has 2 aromatic rings. The molecular formula is C17H23NS. The van der Waals surface area contributed by atoms with Crippen LogP contribution in [0.1, 0.15) is 38.5 Å². The predicted octanol–water partition coefficient (Wildman–Crippen LogP) is 5.08. The molecule has 0 saturated heterocycles. The largest absolute Gasteiger partial charge is 0.307 e. The molecule has 0 fully saturated rings. The Balaban J connectivity index is 1.99. The molecule has 2 rings (SSSR count). The SMILES string of the molecule is CCCC(C)(C)NCc1cc(-c2ccccc2)cs1. The molecule has 0 atom stereocenters. The highest BCUT2D eigenvalue weighted by atomic mass is 32.1. The number of nitrogens with one attached hydrogen (secondary N) is 1. The third-order valence-electron chi connectivity index (χ3n) is 3.38. The number of rotatable bonds is 6. The van der Waals surface area contributed by atoms with Crippen LogP contribution in [0.5, 0.6) is 0 Å². The van der Waals surface area contributed by atoms with Gasteiger partial charge in [-0.05, 0) is 42.8 Å². The van der Waals surface area contributed by atoms with Crippen LogP contribution in [0, 0.1) is 0 Å². The van der Waals surface area contributed by atoms with Crippen LogP contribution in [0.3, 0.4) is 0 Å². The number of benzene rings is 1. The molecule has 0 saturated carbocycles. The van der Waals surface area contributed by atoms with Crippen LogP contribution in [0.4, 0.5) is 0 Å². The topological polar surface area (TPSA) is 12.0 Å². The first-order chi connectivity index (χ1) is 9.11. The number of hydrogen-bond donors (Lipinski definition) is 1. The van der Waals surface area contributed by atoms with Crippen LogP contribution < -0.4 is 5.32 Å². The van der Waals surface area contributed by atoms with Crippen molar-refractivity contribution in [1.29, 1.82) is 0 Å². The molecule has 0 unspecified atom stereocenters. The molecule has 0 amide bonds. The molecule has 2 heteroatoms. The minimum absolute atomic E-state index is 0.228. The van der Waals surface area contributed by atoms with E-state index in [1.54, 1.807) is 0 Å². The molecule has 1 aromatic carbocycles. The van der Waals surface area contributed by atoms with Crippen LogP contribution in [-0.2, 0) is 6.54 Å². The van der Waals surface area contributed by atoms with E-state index in [-0.39, 0.29) is 5.54 Å². The molecule has 0 radical (unpaired) electrons. The third kappa shape index (κ3) is 4.19. The summed E-state index contributed by atoms with van der Waals surface area (Å²) in [7, 11) is 0. The van der Waals surface area contributed by atoms with Gasteiger partial charge in [0.25, 0.3) is 0 Å². The average Bonchev–Trinajstić information content (AvgIpc) is 2.86. The Hall–Kier alpha value is -1.12. The van der Waals surface area contributed by atoms with E-state index in [0.29, 0.717) is 0 Å². The van der Waals surface area contributed by atoms with Crippen LogP contribution in [0.2, 0.25) is 0 Å². The second-order valence-corrected chi connectivity index (χ2v) is 6.65. The Morgan fingerprint density at radius 1 is 1.11 bits per heavy atom. The first-order valence-electron chi connectivity index (χ1n) is 6.98. The summed E-state index contributed by atoms with van der Waals surface area (Å²) in [5.74, 6) is 0. The summed E-state index contributed by atoms with van der Waals surface area (Å²) in [6.45, 7) is 7.76. The highest BCUT2D eigenvalue weighted by Crippen LogP contribution is 2.25. The van der Waals surface area contributed by atoms with Crippen LogP contribution in [0.25, 0.3) is 11.1 Å². The maximum Gasteiger partial charge on any atom is 0.0304 e. The van der Waals surface area contributed by atoms with E-state index in [4.69, 9.17) is 0 Å². The molecule has 0 aliphatic carbocycles. The highest BCUT2D eigenvalue weighted by molar-refractivity contribution is 7.10. The van der Waals surface area contributed by atoms with E-state index in [0.717, 1.165) is 6.54 Å². The molecule has 0 aliphatic heterocycles. The zero-order valence-electron chi connectivity index (χ0n) is 12.1. The van der Waals surface area contributed by atoms with Crippen molar-refractivity contribution in [2.24, 2.45) is 0 Å². The zero-order chi connectivity index (χ0) is 13.7. The second-order valence-electron chi connectivity index (χ2n) is 5.66. The van der Waals surface area contributed by atoms with Gasteiger partial charge in [0.1, 0.15) is 0 Å². The maximum atomic E-state index is 3.65. The first kappa shape index (κ1) is 14.3. The Morgan fingerprint density at radius 2 is 1.84 bits per heavy atom. The van der Waals surface area contributed by atoms with E-state index < -0.39 is 0 Å². The fourth-order valence-corrected chi connectivity index (χ4v) is 3.13. The lowest BCUT2D eigenvalue weighted by Crippen LogP contribution is -2.38. The molecule has 19 heavy (non-hydrogen) atoms. The minimum atomic E-state index is 0.228. The molecular weight excluding hydrogens is 250 g/mol. The summed E-state index contributed by atoms with van der Waals surface area (Å²) in [6, 6.07) is 12.9. The van der Waals surface area contributed by atoms with E-state index in [1.807, 2.05) is 11.3 Å². The van der Waals surface area contributed by atoms with Gasteiger partial charge in [0.15, 0.2) is 0 Å². The van der Waals surface area contributed by atoms with Gasteiger partial charge in [0.05, 0.1) is 0 Å². The van der Waals surface area contributed by atoms with Crippen molar-refractivity contribution < 1.29 is 0 Å². The summed E-state index contributed by atoms with van der Waals surface area (Å²) in [6.07, 6.45) is 2.43. The lowest BCUT2D eigenvalue weighted by molar-refractivity contribution is 0.358. The lowest BCUT2D eigenvalue weighted by Gasteiger charge is -2.25. The fourth-order valence-electron chi connectivity index (χ4n) is 2.30. The Labute approximate surface area is 120 Å². The van der Waals surface area contributed by atoms with Gasteiger partial charge >= 0.3 is 0 Å². The number of hydrogen-bond acceptors (Lipinski definition) is 2. The van der Waals surface area contributed by atoms with Gasteiger partial charge in [-0.2, -0.15) is 0 Å². The minimum Gasteiger partial charge on any atom is -0.307 e. The van der Waals surface area contributed by atoms with Gasteiger partial charge in [0, 0.05) is 17.0 Å². The standard InChI is InChI=1S/C17H23NS/c1-4-10-17(2,3)18-12-16-11-15(13-19-16)14-8-6-5-7-9-14/h5-9,11,13,18H,4,10,12H2,1-3H3. The van der Waals surface area contributed by atoms with Crippen molar-refractivity contribution in [1.82, 2.24) is 5.32 Å². The Bertz CT molecular complexity index is 499. The Morgan fingerprint density at radius 3 is 2.53 bits per heavy atom. The van der Waals surface area contributed by atoms with Gasteiger partial charge in [-0.3, -0.25) is 0 Å². The fraction of sp³-hybridized carbons (Fsp3) is 0.412. The van der Waals surface area contributed by atoms with Gasteiger partial charge in [-0.1, -0.05) is 43.7 Å². The van der Waals surface area contributed by atoms with Gasteiger partial charge in [-0.25, -0.2) is 0 Å². The molecule has 1 nitrogen and oxygen atoms in total. The van der Waals surface area contributed by atoms with Crippen molar-refractivity contribution in [3.05, 3.63) is 46.7 Å². The van der Waals surface area contributed by atoms with E-state index in [1.165, 1.54) is 28.8 Å². The summed E-state index contributed by atoms with van der Waals surface area (Å²) < 4.78 is 0. The smallest absolute Gasteiger partial charge is 0.0304 e. The maximum absolute atomic E-state index is 3.65. The van der Waals surface area contributed by atoms with Crippen molar-refractivity contribution in [2.45, 2.75) is 45.7 Å². The lowest BCUT2D eigenvalue weighted by atomic mass is 9.99. The molecule has 0 spiro atoms. The van der Waals surface area contributed by atoms with Crippen LogP contribution >= 0.6 is 11.3 Å². The molecule has 1 N–H and O–H groups in total. The molecule has 1 aromatic heterocycles. The summed E-state index contributed by atoms with van der Waals surface area (Å²) in [5, 5.41) is 5.90. The van der Waals surface area contributed by atoms with E-state index in [9.17, 15) is 0 Å². The van der Waals surface area contributed by atoms with Crippen molar-refractivity contribution in [2.75, 3.05) is 0 Å². The van der Waals surface area contributed by atoms with Crippen molar-refractivity contribution in [3.8, 4) is 11.1 Å². The van der Waals surface area contributed by atoms with Gasteiger partial charge < -0.3 is 5.32 Å². The van der Waals surface area contributed by atoms with Gasteiger partial charge in [0.2, 0.25) is 0 Å². The van der Waals surface area contributed by atoms with Crippen LogP contribution in [-0.4, -0.2) is 5.54 Å². The summed E-state index contributed by atoms with van der Waals surface area (Å²) in [5.41, 5.74) is 2.86.